The van der Waals surface area contributed by atoms with Crippen molar-refractivity contribution in [3.8, 4) is 0 Å². The van der Waals surface area contributed by atoms with Crippen molar-refractivity contribution in [1.29, 1.82) is 0 Å². The number of nitrogens with two attached hydrogens (primary N) is 1. The van der Waals surface area contributed by atoms with Crippen LogP contribution < -0.4 is 11.1 Å². The summed E-state index contributed by atoms with van der Waals surface area (Å²) in [5.74, 6) is 0. The van der Waals surface area contributed by atoms with Crippen LogP contribution in [0, 0.1) is 0 Å². The van der Waals surface area contributed by atoms with Crippen molar-refractivity contribution in [2.45, 2.75) is 13.8 Å². The molecule has 0 aromatic heterocycles. The van der Waals surface area contributed by atoms with E-state index in [-0.39, 0.29) is 0 Å². The molecule has 1 heterocycles. The molecule has 1 aliphatic rings. The van der Waals surface area contributed by atoms with Gasteiger partial charge in [-0.25, -0.2) is 0 Å². The summed E-state index contributed by atoms with van der Waals surface area (Å²) >= 11 is 0. The first-order valence-electron chi connectivity index (χ1n) is 6.24. The Morgan fingerprint density at radius 1 is 1.39 bits per heavy atom. The Balaban J connectivity index is 2.72. The molecule has 0 spiro atoms. The van der Waals surface area contributed by atoms with Crippen LogP contribution in [-0.4, -0.2) is 50.7 Å². The molecule has 5 nitrogen and oxygen atoms in total. The van der Waals surface area contributed by atoms with Gasteiger partial charge in [0.15, 0.2) is 0 Å². The summed E-state index contributed by atoms with van der Waals surface area (Å²) in [6, 6.07) is 0. The van der Waals surface area contributed by atoms with Crippen molar-refractivity contribution in [2.24, 2.45) is 5.73 Å². The van der Waals surface area contributed by atoms with E-state index in [9.17, 15) is 4.79 Å². The molecule has 18 heavy (non-hydrogen) atoms. The molecule has 3 N–H and O–H groups in total. The van der Waals surface area contributed by atoms with Gasteiger partial charge in [0.1, 0.15) is 0 Å². The zero-order valence-electron chi connectivity index (χ0n) is 11.2. The predicted octanol–water partition coefficient (Wildman–Crippen LogP) is 0.244. The van der Waals surface area contributed by atoms with E-state index < -0.39 is 0 Å². The summed E-state index contributed by atoms with van der Waals surface area (Å²) in [5.41, 5.74) is 8.86. The Morgan fingerprint density at radius 3 is 2.61 bits per heavy atom. The molecule has 0 aromatic carbocycles. The topological polar surface area (TPSA) is 67.6 Å². The fraction of sp³-hybridized carbons (Fsp3) is 0.615. The molecule has 0 aliphatic carbocycles. The van der Waals surface area contributed by atoms with Crippen LogP contribution in [0.5, 0.6) is 0 Å². The van der Waals surface area contributed by atoms with Gasteiger partial charge in [0.05, 0.1) is 13.2 Å². The maximum Gasteiger partial charge on any atom is 0.211 e. The molecule has 1 aliphatic heterocycles. The van der Waals surface area contributed by atoms with Crippen LogP contribution in [0.15, 0.2) is 22.9 Å². The van der Waals surface area contributed by atoms with E-state index in [1.807, 2.05) is 19.9 Å². The number of carbonyl (C=O) groups excluding carboxylic acids is 1. The maximum absolute atomic E-state index is 10.4. The largest absolute Gasteiger partial charge is 0.379 e. The Hall–Kier alpha value is -1.17. The maximum atomic E-state index is 10.4. The first-order chi connectivity index (χ1) is 8.67. The number of morpholine rings is 1. The SMILES string of the molecule is C/C(=C/C(CN1CCOCC1)=C(\C)CN)NC=O. The van der Waals surface area contributed by atoms with Crippen LogP contribution in [0.25, 0.3) is 0 Å². The molecule has 5 heteroatoms. The Kier molecular flexibility index (Phi) is 6.64. The smallest absolute Gasteiger partial charge is 0.211 e. The highest BCUT2D eigenvalue weighted by atomic mass is 16.5. The minimum Gasteiger partial charge on any atom is -0.379 e. The number of hydrogen-bond donors (Lipinski definition) is 2. The quantitative estimate of drug-likeness (QED) is 0.526. The van der Waals surface area contributed by atoms with E-state index in [0.29, 0.717) is 13.0 Å². The average molecular weight is 253 g/mol. The molecule has 0 bridgehead atoms. The third-order valence-corrected chi connectivity index (χ3v) is 3.03. The normalized spacial score (nSPS) is 19.4. The number of hydrogen-bond acceptors (Lipinski definition) is 4. The number of amides is 1. The average Bonchev–Trinajstić information content (AvgIpc) is 2.38. The monoisotopic (exact) mass is 253 g/mol. The van der Waals surface area contributed by atoms with E-state index in [4.69, 9.17) is 10.5 Å². The van der Waals surface area contributed by atoms with Gasteiger partial charge in [0.25, 0.3) is 0 Å². The van der Waals surface area contributed by atoms with Crippen LogP contribution in [0.1, 0.15) is 13.8 Å². The van der Waals surface area contributed by atoms with Gasteiger partial charge in [-0.1, -0.05) is 5.57 Å². The molecule has 0 saturated carbocycles. The van der Waals surface area contributed by atoms with E-state index in [1.165, 1.54) is 5.57 Å². The lowest BCUT2D eigenvalue weighted by Gasteiger charge is -2.27. The van der Waals surface area contributed by atoms with E-state index in [0.717, 1.165) is 44.1 Å². The van der Waals surface area contributed by atoms with Crippen LogP contribution in [-0.2, 0) is 9.53 Å². The highest BCUT2D eigenvalue weighted by Gasteiger charge is 2.12. The lowest BCUT2D eigenvalue weighted by Crippen LogP contribution is -2.37. The highest BCUT2D eigenvalue weighted by molar-refractivity contribution is 5.50. The third-order valence-electron chi connectivity index (χ3n) is 3.03. The van der Waals surface area contributed by atoms with Crippen LogP contribution >= 0.6 is 0 Å². The van der Waals surface area contributed by atoms with Crippen LogP contribution in [0.4, 0.5) is 0 Å². The van der Waals surface area contributed by atoms with E-state index in [2.05, 4.69) is 10.2 Å². The summed E-state index contributed by atoms with van der Waals surface area (Å²) in [7, 11) is 0. The molecule has 1 fully saturated rings. The highest BCUT2D eigenvalue weighted by Crippen LogP contribution is 2.11. The minimum atomic E-state index is 0.532. The molecular formula is C13H23N3O2. The molecule has 0 atom stereocenters. The molecule has 1 amide bonds. The zero-order valence-corrected chi connectivity index (χ0v) is 11.2. The fourth-order valence-corrected chi connectivity index (χ4v) is 1.83. The Morgan fingerprint density at radius 2 is 2.06 bits per heavy atom. The second-order valence-electron chi connectivity index (χ2n) is 4.49. The number of carbonyl (C=O) groups is 1. The van der Waals surface area contributed by atoms with Crippen molar-refractivity contribution >= 4 is 6.41 Å². The number of nitrogens with one attached hydrogen (secondary N) is 1. The lowest BCUT2D eigenvalue weighted by atomic mass is 10.1. The van der Waals surface area contributed by atoms with Gasteiger partial charge >= 0.3 is 0 Å². The lowest BCUT2D eigenvalue weighted by molar-refractivity contribution is -0.108. The second kappa shape index (κ2) is 8.02. The van der Waals surface area contributed by atoms with Crippen molar-refractivity contribution in [1.82, 2.24) is 10.2 Å². The Labute approximate surface area is 109 Å². The summed E-state index contributed by atoms with van der Waals surface area (Å²) in [4.78, 5) is 12.7. The molecule has 1 rings (SSSR count). The van der Waals surface area contributed by atoms with Crippen molar-refractivity contribution in [2.75, 3.05) is 39.4 Å². The molecule has 0 radical (unpaired) electrons. The summed E-state index contributed by atoms with van der Waals surface area (Å²) < 4.78 is 5.33. The second-order valence-corrected chi connectivity index (χ2v) is 4.49. The zero-order chi connectivity index (χ0) is 13.4. The first-order valence-corrected chi connectivity index (χ1v) is 6.24. The van der Waals surface area contributed by atoms with Gasteiger partial charge in [0.2, 0.25) is 6.41 Å². The fourth-order valence-electron chi connectivity index (χ4n) is 1.83. The first kappa shape index (κ1) is 14.9. The third kappa shape index (κ3) is 5.00. The molecule has 0 unspecified atom stereocenters. The Bertz CT molecular complexity index is 331. The van der Waals surface area contributed by atoms with Gasteiger partial charge in [-0.3, -0.25) is 9.69 Å². The van der Waals surface area contributed by atoms with E-state index >= 15 is 0 Å². The number of ether oxygens (including phenoxy) is 1. The van der Waals surface area contributed by atoms with Gasteiger partial charge in [-0.2, -0.15) is 0 Å². The van der Waals surface area contributed by atoms with Crippen molar-refractivity contribution in [3.05, 3.63) is 22.9 Å². The summed E-state index contributed by atoms with van der Waals surface area (Å²) in [6.07, 6.45) is 2.68. The molecule has 102 valence electrons. The van der Waals surface area contributed by atoms with Crippen molar-refractivity contribution in [3.63, 3.8) is 0 Å². The van der Waals surface area contributed by atoms with Crippen LogP contribution in [0.2, 0.25) is 0 Å². The van der Waals surface area contributed by atoms with Gasteiger partial charge in [0, 0.05) is 31.9 Å². The van der Waals surface area contributed by atoms with Gasteiger partial charge in [-0.05, 0) is 25.5 Å². The number of allylic oxidation sites excluding steroid dienone is 1. The van der Waals surface area contributed by atoms with Gasteiger partial charge < -0.3 is 15.8 Å². The number of nitrogens with zero attached hydrogens (tertiary/aromatic N) is 1. The summed E-state index contributed by atoms with van der Waals surface area (Å²) in [5, 5.41) is 2.65. The number of rotatable bonds is 6. The van der Waals surface area contributed by atoms with E-state index in [1.54, 1.807) is 0 Å². The predicted molar refractivity (Wildman–Crippen MR) is 72.0 cm³/mol. The molecule has 1 saturated heterocycles. The standard InChI is InChI=1S/C13H23N3O2/c1-11(8-14)13(7-12(2)15-10-17)9-16-3-5-18-6-4-16/h7,10H,3-6,8-9,14H2,1-2H3,(H,15,17)/b12-7-,13-11-. The minimum absolute atomic E-state index is 0.532. The molecule has 0 aromatic rings. The van der Waals surface area contributed by atoms with Gasteiger partial charge in [-0.15, -0.1) is 0 Å². The molecular weight excluding hydrogens is 230 g/mol. The van der Waals surface area contributed by atoms with Crippen LogP contribution in [0.3, 0.4) is 0 Å². The van der Waals surface area contributed by atoms with Crippen molar-refractivity contribution < 1.29 is 9.53 Å². The summed E-state index contributed by atoms with van der Waals surface area (Å²) in [6.45, 7) is 8.73.